The third-order valence-electron chi connectivity index (χ3n) is 4.78. The molecule has 0 heterocycles. The zero-order chi connectivity index (χ0) is 12.8. The van der Waals surface area contributed by atoms with Gasteiger partial charge in [0, 0.05) is 0 Å². The van der Waals surface area contributed by atoms with Crippen LogP contribution in [0.1, 0.15) is 80.6 Å². The van der Waals surface area contributed by atoms with Crippen LogP contribution < -0.4 is 0 Å². The molecule has 0 aromatic heterocycles. The maximum Gasteiger partial charge on any atom is -0.0326 e. The average molecular weight is 226 g/mol. The van der Waals surface area contributed by atoms with Crippen LogP contribution in [0, 0.1) is 23.2 Å². The van der Waals surface area contributed by atoms with Gasteiger partial charge in [-0.05, 0) is 29.6 Å². The molecular formula is C16H34. The smallest absolute Gasteiger partial charge is 0.0326 e. The highest BCUT2D eigenvalue weighted by atomic mass is 14.3. The van der Waals surface area contributed by atoms with Crippen LogP contribution >= 0.6 is 0 Å². The summed E-state index contributed by atoms with van der Waals surface area (Å²) in [6.45, 7) is 16.8. The molecule has 3 unspecified atom stereocenters. The Kier molecular flexibility index (Phi) is 7.35. The topological polar surface area (TPSA) is 0 Å². The molecule has 0 radical (unpaired) electrons. The van der Waals surface area contributed by atoms with Gasteiger partial charge in [0.2, 0.25) is 0 Å². The zero-order valence-electron chi connectivity index (χ0n) is 12.8. The van der Waals surface area contributed by atoms with Crippen LogP contribution in [0.4, 0.5) is 0 Å². The van der Waals surface area contributed by atoms with Gasteiger partial charge in [-0.15, -0.1) is 0 Å². The van der Waals surface area contributed by atoms with Crippen LogP contribution in [0.3, 0.4) is 0 Å². The maximum absolute atomic E-state index is 2.47. The Morgan fingerprint density at radius 2 is 1.50 bits per heavy atom. The Bertz CT molecular complexity index is 169. The second kappa shape index (κ2) is 7.35. The molecule has 98 valence electrons. The van der Waals surface area contributed by atoms with Gasteiger partial charge >= 0.3 is 0 Å². The molecule has 0 N–H and O–H groups in total. The van der Waals surface area contributed by atoms with Crippen molar-refractivity contribution in [2.24, 2.45) is 23.2 Å². The van der Waals surface area contributed by atoms with Gasteiger partial charge < -0.3 is 0 Å². The molecule has 0 spiro atoms. The first-order valence-corrected chi connectivity index (χ1v) is 7.38. The fraction of sp³-hybridized carbons (Fsp3) is 1.00. The molecule has 0 fully saturated rings. The third-order valence-corrected chi connectivity index (χ3v) is 4.78. The van der Waals surface area contributed by atoms with Gasteiger partial charge in [-0.3, -0.25) is 0 Å². The largest absolute Gasteiger partial charge is 0.0654 e. The van der Waals surface area contributed by atoms with E-state index in [0.717, 1.165) is 17.8 Å². The van der Waals surface area contributed by atoms with Crippen molar-refractivity contribution in [1.82, 2.24) is 0 Å². The van der Waals surface area contributed by atoms with Crippen molar-refractivity contribution in [3.63, 3.8) is 0 Å². The van der Waals surface area contributed by atoms with Gasteiger partial charge in [0.05, 0.1) is 0 Å². The minimum atomic E-state index is 0.509. The highest BCUT2D eigenvalue weighted by Gasteiger charge is 2.28. The summed E-state index contributed by atoms with van der Waals surface area (Å²) in [5, 5.41) is 0. The Morgan fingerprint density at radius 3 is 1.88 bits per heavy atom. The maximum atomic E-state index is 2.47. The Balaban J connectivity index is 4.34. The molecule has 0 nitrogen and oxygen atoms in total. The van der Waals surface area contributed by atoms with E-state index < -0.39 is 0 Å². The van der Waals surface area contributed by atoms with Crippen molar-refractivity contribution in [1.29, 1.82) is 0 Å². The van der Waals surface area contributed by atoms with Crippen LogP contribution in [0.15, 0.2) is 0 Å². The summed E-state index contributed by atoms with van der Waals surface area (Å²) in [5.74, 6) is 2.66. The molecule has 16 heavy (non-hydrogen) atoms. The van der Waals surface area contributed by atoms with Gasteiger partial charge in [-0.1, -0.05) is 74.1 Å². The van der Waals surface area contributed by atoms with Crippen LogP contribution in [-0.2, 0) is 0 Å². The molecule has 0 bridgehead atoms. The molecular weight excluding hydrogens is 192 g/mol. The minimum Gasteiger partial charge on any atom is -0.0654 e. The predicted molar refractivity (Wildman–Crippen MR) is 75.7 cm³/mol. The number of hydrogen-bond donors (Lipinski definition) is 0. The molecule has 0 saturated carbocycles. The Hall–Kier alpha value is 0. The van der Waals surface area contributed by atoms with Crippen LogP contribution in [0.5, 0.6) is 0 Å². The molecule has 0 aliphatic carbocycles. The van der Waals surface area contributed by atoms with Gasteiger partial charge in [-0.25, -0.2) is 0 Å². The summed E-state index contributed by atoms with van der Waals surface area (Å²) < 4.78 is 0. The van der Waals surface area contributed by atoms with Crippen LogP contribution in [-0.4, -0.2) is 0 Å². The number of rotatable bonds is 8. The zero-order valence-corrected chi connectivity index (χ0v) is 12.8. The summed E-state index contributed by atoms with van der Waals surface area (Å²) in [4.78, 5) is 0. The normalized spacial score (nSPS) is 18.2. The molecule has 0 aromatic rings. The van der Waals surface area contributed by atoms with E-state index >= 15 is 0 Å². The van der Waals surface area contributed by atoms with E-state index in [9.17, 15) is 0 Å². The van der Waals surface area contributed by atoms with Gasteiger partial charge in [0.15, 0.2) is 0 Å². The van der Waals surface area contributed by atoms with Gasteiger partial charge in [0.25, 0.3) is 0 Å². The lowest BCUT2D eigenvalue weighted by Gasteiger charge is -2.36. The van der Waals surface area contributed by atoms with E-state index in [1.54, 1.807) is 0 Å². The monoisotopic (exact) mass is 226 g/mol. The second-order valence-electron chi connectivity index (χ2n) is 6.44. The quantitative estimate of drug-likeness (QED) is 0.482. The average Bonchev–Trinajstić information content (AvgIpc) is 2.23. The van der Waals surface area contributed by atoms with Crippen LogP contribution in [0.25, 0.3) is 0 Å². The van der Waals surface area contributed by atoms with Crippen molar-refractivity contribution in [3.05, 3.63) is 0 Å². The second-order valence-corrected chi connectivity index (χ2v) is 6.44. The molecule has 0 amide bonds. The SMILES string of the molecule is CCCC(CC)C(C)CC(C)(C)C(C)CC. The lowest BCUT2D eigenvalue weighted by Crippen LogP contribution is -2.26. The third kappa shape index (κ3) is 4.89. The fourth-order valence-corrected chi connectivity index (χ4v) is 3.01. The molecule has 0 heteroatoms. The fourth-order valence-electron chi connectivity index (χ4n) is 3.01. The van der Waals surface area contributed by atoms with E-state index in [-0.39, 0.29) is 0 Å². The molecule has 0 aliphatic heterocycles. The van der Waals surface area contributed by atoms with Crippen molar-refractivity contribution < 1.29 is 0 Å². The van der Waals surface area contributed by atoms with E-state index in [1.165, 1.54) is 32.1 Å². The van der Waals surface area contributed by atoms with E-state index in [4.69, 9.17) is 0 Å². The first-order chi connectivity index (χ1) is 7.38. The van der Waals surface area contributed by atoms with Crippen molar-refractivity contribution in [2.45, 2.75) is 80.6 Å². The number of hydrogen-bond acceptors (Lipinski definition) is 0. The van der Waals surface area contributed by atoms with E-state index in [0.29, 0.717) is 5.41 Å². The molecule has 0 aliphatic rings. The summed E-state index contributed by atoms with van der Waals surface area (Å²) in [6, 6.07) is 0. The lowest BCUT2D eigenvalue weighted by molar-refractivity contribution is 0.143. The van der Waals surface area contributed by atoms with Gasteiger partial charge in [-0.2, -0.15) is 0 Å². The van der Waals surface area contributed by atoms with Crippen molar-refractivity contribution in [2.75, 3.05) is 0 Å². The van der Waals surface area contributed by atoms with Crippen molar-refractivity contribution in [3.8, 4) is 0 Å². The van der Waals surface area contributed by atoms with E-state index in [2.05, 4.69) is 48.5 Å². The summed E-state index contributed by atoms with van der Waals surface area (Å²) in [5.41, 5.74) is 0.509. The first-order valence-electron chi connectivity index (χ1n) is 7.38. The molecule has 0 aromatic carbocycles. The summed E-state index contributed by atoms with van der Waals surface area (Å²) in [6.07, 6.45) is 6.80. The highest BCUT2D eigenvalue weighted by Crippen LogP contribution is 2.39. The summed E-state index contributed by atoms with van der Waals surface area (Å²) >= 11 is 0. The van der Waals surface area contributed by atoms with Gasteiger partial charge in [0.1, 0.15) is 0 Å². The Morgan fingerprint density at radius 1 is 0.938 bits per heavy atom. The standard InChI is InChI=1S/C16H34/c1-8-11-15(10-3)13(4)12-16(6,7)14(5)9-2/h13-15H,8-12H2,1-7H3. The molecule has 3 atom stereocenters. The predicted octanol–water partition coefficient (Wildman–Crippen LogP) is 5.91. The molecule has 0 rings (SSSR count). The lowest BCUT2D eigenvalue weighted by atomic mass is 9.69. The minimum absolute atomic E-state index is 0.509. The van der Waals surface area contributed by atoms with E-state index in [1.807, 2.05) is 0 Å². The van der Waals surface area contributed by atoms with Crippen molar-refractivity contribution >= 4 is 0 Å². The summed E-state index contributed by atoms with van der Waals surface area (Å²) in [7, 11) is 0. The highest BCUT2D eigenvalue weighted by molar-refractivity contribution is 4.79. The van der Waals surface area contributed by atoms with Crippen LogP contribution in [0.2, 0.25) is 0 Å². The molecule has 0 saturated heterocycles. The Labute approximate surface area is 104 Å². The first kappa shape index (κ1) is 16.0.